The Morgan fingerprint density at radius 3 is 2.06 bits per heavy atom. The largest absolute Gasteiger partial charge is 0.378 e. The van der Waals surface area contributed by atoms with E-state index < -0.39 is 0 Å². The van der Waals surface area contributed by atoms with E-state index in [-0.39, 0.29) is 5.91 Å². The first-order chi connectivity index (χ1) is 17.2. The number of rotatable bonds is 7. The minimum absolute atomic E-state index is 0.137. The van der Waals surface area contributed by atoms with E-state index in [2.05, 4.69) is 67.5 Å². The summed E-state index contributed by atoms with van der Waals surface area (Å²) in [5.74, 6) is 0.582. The van der Waals surface area contributed by atoms with Gasteiger partial charge in [-0.05, 0) is 35.4 Å². The third-order valence-electron chi connectivity index (χ3n) is 6.67. The van der Waals surface area contributed by atoms with Crippen LogP contribution < -0.4 is 10.2 Å². The predicted octanol–water partition coefficient (Wildman–Crippen LogP) is 3.49. The van der Waals surface area contributed by atoms with Crippen LogP contribution in [0.25, 0.3) is 0 Å². The van der Waals surface area contributed by atoms with Gasteiger partial charge in [0.05, 0.1) is 18.8 Å². The molecule has 2 saturated heterocycles. The molecule has 0 aliphatic carbocycles. The lowest BCUT2D eigenvalue weighted by Gasteiger charge is -2.34. The first-order valence-electron chi connectivity index (χ1n) is 12.4. The fraction of sp³-hybridized carbons (Fsp3) is 0.357. The number of piperazine rings is 1. The van der Waals surface area contributed by atoms with Crippen LogP contribution in [0.1, 0.15) is 21.5 Å². The van der Waals surface area contributed by atoms with Crippen molar-refractivity contribution in [3.8, 4) is 0 Å². The molecule has 35 heavy (non-hydrogen) atoms. The zero-order valence-corrected chi connectivity index (χ0v) is 20.1. The molecule has 3 heterocycles. The highest BCUT2D eigenvalue weighted by molar-refractivity contribution is 6.07. The van der Waals surface area contributed by atoms with Gasteiger partial charge in [0.2, 0.25) is 0 Å². The normalized spacial score (nSPS) is 17.3. The van der Waals surface area contributed by atoms with Gasteiger partial charge in [0.15, 0.2) is 0 Å². The number of anilines is 2. The smallest absolute Gasteiger partial charge is 0.259 e. The number of pyridine rings is 1. The number of carbonyl (C=O) groups is 1. The van der Waals surface area contributed by atoms with E-state index in [4.69, 9.17) is 4.74 Å². The van der Waals surface area contributed by atoms with Gasteiger partial charge in [0.1, 0.15) is 5.82 Å². The molecule has 182 valence electrons. The highest BCUT2D eigenvalue weighted by Crippen LogP contribution is 2.21. The summed E-state index contributed by atoms with van der Waals surface area (Å²) in [7, 11) is 0. The molecule has 0 bridgehead atoms. The van der Waals surface area contributed by atoms with Gasteiger partial charge in [0.25, 0.3) is 5.91 Å². The van der Waals surface area contributed by atoms with Crippen LogP contribution in [0.2, 0.25) is 0 Å². The van der Waals surface area contributed by atoms with Gasteiger partial charge in [-0.3, -0.25) is 14.6 Å². The van der Waals surface area contributed by atoms with Crippen molar-refractivity contribution < 1.29 is 9.53 Å². The number of nitrogens with zero attached hydrogens (tertiary/aromatic N) is 4. The Hall–Kier alpha value is -3.26. The summed E-state index contributed by atoms with van der Waals surface area (Å²) in [4.78, 5) is 24.6. The summed E-state index contributed by atoms with van der Waals surface area (Å²) < 4.78 is 5.44. The molecular formula is C28H33N5O2. The van der Waals surface area contributed by atoms with Gasteiger partial charge in [-0.1, -0.05) is 42.5 Å². The molecule has 0 spiro atoms. The van der Waals surface area contributed by atoms with Crippen LogP contribution in [0.15, 0.2) is 72.9 Å². The Morgan fingerprint density at radius 2 is 1.40 bits per heavy atom. The summed E-state index contributed by atoms with van der Waals surface area (Å²) in [6.07, 6.45) is 1.73. The topological polar surface area (TPSA) is 60.9 Å². The van der Waals surface area contributed by atoms with Gasteiger partial charge >= 0.3 is 0 Å². The fourth-order valence-corrected chi connectivity index (χ4v) is 4.70. The Morgan fingerprint density at radius 1 is 0.771 bits per heavy atom. The average molecular weight is 472 g/mol. The van der Waals surface area contributed by atoms with Crippen LogP contribution in [0, 0.1) is 0 Å². The van der Waals surface area contributed by atoms with E-state index in [1.807, 2.05) is 24.3 Å². The van der Waals surface area contributed by atoms with Gasteiger partial charge in [-0.25, -0.2) is 4.98 Å². The van der Waals surface area contributed by atoms with Crippen molar-refractivity contribution in [2.45, 2.75) is 13.1 Å². The molecule has 5 rings (SSSR count). The zero-order valence-electron chi connectivity index (χ0n) is 20.1. The summed E-state index contributed by atoms with van der Waals surface area (Å²) in [6.45, 7) is 9.04. The highest BCUT2D eigenvalue weighted by Gasteiger charge is 2.20. The van der Waals surface area contributed by atoms with Crippen molar-refractivity contribution >= 4 is 17.4 Å². The lowest BCUT2D eigenvalue weighted by molar-refractivity contribution is 0.102. The van der Waals surface area contributed by atoms with Crippen molar-refractivity contribution in [3.63, 3.8) is 0 Å². The predicted molar refractivity (Wildman–Crippen MR) is 139 cm³/mol. The van der Waals surface area contributed by atoms with Crippen LogP contribution in [0.5, 0.6) is 0 Å². The quantitative estimate of drug-likeness (QED) is 0.569. The van der Waals surface area contributed by atoms with Crippen molar-refractivity contribution in [3.05, 3.63) is 89.6 Å². The highest BCUT2D eigenvalue weighted by atomic mass is 16.5. The Kier molecular flexibility index (Phi) is 7.68. The number of benzene rings is 2. The molecule has 0 saturated carbocycles. The van der Waals surface area contributed by atoms with Gasteiger partial charge in [-0.2, -0.15) is 0 Å². The second kappa shape index (κ2) is 11.4. The van der Waals surface area contributed by atoms with Crippen LogP contribution in [0.3, 0.4) is 0 Å². The molecule has 2 aliphatic heterocycles. The van der Waals surface area contributed by atoms with Gasteiger partial charge in [-0.15, -0.1) is 0 Å². The van der Waals surface area contributed by atoms with Crippen LogP contribution in [-0.2, 0) is 17.8 Å². The van der Waals surface area contributed by atoms with E-state index in [1.165, 1.54) is 11.1 Å². The number of ether oxygens (including phenoxy) is 1. The van der Waals surface area contributed by atoms with E-state index in [0.29, 0.717) is 18.8 Å². The second-order valence-electron chi connectivity index (χ2n) is 9.16. The summed E-state index contributed by atoms with van der Waals surface area (Å²) in [5, 5.41) is 3.04. The molecule has 3 aromatic rings. The summed E-state index contributed by atoms with van der Waals surface area (Å²) >= 11 is 0. The minimum atomic E-state index is -0.137. The number of morpholine rings is 1. The first-order valence-corrected chi connectivity index (χ1v) is 12.4. The van der Waals surface area contributed by atoms with Gasteiger partial charge < -0.3 is 15.0 Å². The average Bonchev–Trinajstić information content (AvgIpc) is 2.92. The summed E-state index contributed by atoms with van der Waals surface area (Å²) in [6, 6.07) is 22.5. The number of nitrogens with one attached hydrogen (secondary N) is 1. The van der Waals surface area contributed by atoms with E-state index in [1.54, 1.807) is 6.20 Å². The molecule has 1 N–H and O–H groups in total. The molecule has 1 amide bonds. The molecular weight excluding hydrogens is 438 g/mol. The molecule has 0 unspecified atom stereocenters. The third-order valence-corrected chi connectivity index (χ3v) is 6.67. The molecule has 7 nitrogen and oxygen atoms in total. The zero-order chi connectivity index (χ0) is 23.9. The first kappa shape index (κ1) is 23.5. The minimum Gasteiger partial charge on any atom is -0.378 e. The molecule has 7 heteroatoms. The van der Waals surface area contributed by atoms with Crippen molar-refractivity contribution in [1.29, 1.82) is 0 Å². The fourth-order valence-electron chi connectivity index (χ4n) is 4.70. The lowest BCUT2D eigenvalue weighted by atomic mass is 10.1. The van der Waals surface area contributed by atoms with Crippen LogP contribution >= 0.6 is 0 Å². The molecule has 1 aromatic heterocycles. The van der Waals surface area contributed by atoms with E-state index in [0.717, 1.165) is 63.9 Å². The van der Waals surface area contributed by atoms with E-state index >= 15 is 0 Å². The molecule has 0 atom stereocenters. The third kappa shape index (κ3) is 6.25. The molecule has 2 fully saturated rings. The number of carbonyl (C=O) groups excluding carboxylic acids is 1. The van der Waals surface area contributed by atoms with E-state index in [9.17, 15) is 4.79 Å². The number of aromatic nitrogens is 1. The van der Waals surface area contributed by atoms with Crippen molar-refractivity contribution in [1.82, 2.24) is 14.8 Å². The van der Waals surface area contributed by atoms with Crippen molar-refractivity contribution in [2.24, 2.45) is 0 Å². The Labute approximate surface area is 207 Å². The van der Waals surface area contributed by atoms with Crippen molar-refractivity contribution in [2.75, 3.05) is 62.7 Å². The van der Waals surface area contributed by atoms with Gasteiger partial charge in [0, 0.05) is 64.2 Å². The van der Waals surface area contributed by atoms with Crippen LogP contribution in [0.4, 0.5) is 11.5 Å². The second-order valence-corrected chi connectivity index (χ2v) is 9.16. The SMILES string of the molecule is O=C(Nc1ccc(CN2CCN(Cc3ccccc3)CC2)cc1)c1cccnc1N1CCOCC1. The lowest BCUT2D eigenvalue weighted by Crippen LogP contribution is -2.45. The standard InChI is InChI=1S/C28H33N5O2/c34-28(26-7-4-12-29-27(26)33-17-19-35-20-18-33)30-25-10-8-24(9-11-25)22-32-15-13-31(14-16-32)21-23-5-2-1-3-6-23/h1-12H,13-22H2,(H,30,34). The molecule has 2 aliphatic rings. The number of hydrogen-bond donors (Lipinski definition) is 1. The maximum absolute atomic E-state index is 13.0. The summed E-state index contributed by atoms with van der Waals surface area (Å²) in [5.41, 5.74) is 4.02. The maximum atomic E-state index is 13.0. The number of amides is 1. The monoisotopic (exact) mass is 471 g/mol. The Balaban J connectivity index is 1.13. The molecule has 2 aromatic carbocycles. The molecule has 0 radical (unpaired) electrons. The maximum Gasteiger partial charge on any atom is 0.259 e. The Bertz CT molecular complexity index is 1090. The van der Waals surface area contributed by atoms with Crippen LogP contribution in [-0.4, -0.2) is 73.2 Å². The number of hydrogen-bond acceptors (Lipinski definition) is 6.